The molecule has 0 saturated carbocycles. The Balaban J connectivity index is 2.33. The molecule has 0 N–H and O–H groups in total. The minimum Gasteiger partial charge on any atom is -0.439 e. The first-order valence-corrected chi connectivity index (χ1v) is 5.41. The van der Waals surface area contributed by atoms with E-state index in [0.29, 0.717) is 5.56 Å². The summed E-state index contributed by atoms with van der Waals surface area (Å²) < 4.78 is 42.8. The first-order chi connectivity index (χ1) is 8.30. The van der Waals surface area contributed by atoms with Crippen molar-refractivity contribution in [3.63, 3.8) is 0 Å². The van der Waals surface area contributed by atoms with Gasteiger partial charge in [0.15, 0.2) is 0 Å². The van der Waals surface area contributed by atoms with Crippen LogP contribution in [0.3, 0.4) is 0 Å². The van der Waals surface area contributed by atoms with Crippen molar-refractivity contribution >= 4 is 6.09 Å². The van der Waals surface area contributed by atoms with Gasteiger partial charge >= 0.3 is 12.3 Å². The maximum absolute atomic E-state index is 12.6. The van der Waals surface area contributed by atoms with E-state index >= 15 is 0 Å². The van der Waals surface area contributed by atoms with Crippen molar-refractivity contribution in [2.75, 3.05) is 7.05 Å². The zero-order chi connectivity index (χ0) is 13.5. The lowest BCUT2D eigenvalue weighted by molar-refractivity contribution is -0.137. The van der Waals surface area contributed by atoms with Crippen molar-refractivity contribution in [1.82, 2.24) is 4.90 Å². The molecule has 6 heteroatoms. The number of carbonyl (C=O) groups is 1. The Morgan fingerprint density at radius 2 is 2.00 bits per heavy atom. The van der Waals surface area contributed by atoms with E-state index in [4.69, 9.17) is 4.74 Å². The number of halogens is 3. The zero-order valence-corrected chi connectivity index (χ0v) is 9.86. The van der Waals surface area contributed by atoms with Crippen molar-refractivity contribution in [2.45, 2.75) is 25.2 Å². The minimum absolute atomic E-state index is 0.291. The third-order valence-corrected chi connectivity index (χ3v) is 3.11. The summed E-state index contributed by atoms with van der Waals surface area (Å²) in [6.07, 6.45) is -5.58. The molecule has 1 aromatic carbocycles. The molecule has 1 heterocycles. The zero-order valence-electron chi connectivity index (χ0n) is 9.86. The topological polar surface area (TPSA) is 29.5 Å². The number of alkyl halides is 3. The Hall–Kier alpha value is -1.72. The first kappa shape index (κ1) is 12.7. The van der Waals surface area contributed by atoms with Crippen LogP contribution in [-0.4, -0.2) is 24.1 Å². The Morgan fingerprint density at radius 1 is 1.33 bits per heavy atom. The summed E-state index contributed by atoms with van der Waals surface area (Å²) in [7, 11) is 1.56. The summed E-state index contributed by atoms with van der Waals surface area (Å²) in [6.45, 7) is 1.73. The molecule has 1 saturated heterocycles. The predicted molar refractivity (Wildman–Crippen MR) is 57.9 cm³/mol. The van der Waals surface area contributed by atoms with Crippen molar-refractivity contribution < 1.29 is 22.7 Å². The SMILES string of the molecule is C[C@H]1[C@@H](c2cccc(C(F)(F)F)c2)OC(=O)N1C. The molecule has 2 atom stereocenters. The van der Waals surface area contributed by atoms with Crippen molar-refractivity contribution in [3.8, 4) is 0 Å². The molecule has 1 aromatic rings. The van der Waals surface area contributed by atoms with Gasteiger partial charge in [-0.25, -0.2) is 4.79 Å². The Bertz CT molecular complexity index is 473. The molecule has 0 bridgehead atoms. The maximum Gasteiger partial charge on any atom is 0.416 e. The summed E-state index contributed by atoms with van der Waals surface area (Å²) in [5, 5.41) is 0. The average molecular weight is 259 g/mol. The van der Waals surface area contributed by atoms with E-state index in [1.165, 1.54) is 17.0 Å². The van der Waals surface area contributed by atoms with Gasteiger partial charge in [-0.15, -0.1) is 0 Å². The number of carbonyl (C=O) groups excluding carboxylic acids is 1. The van der Waals surface area contributed by atoms with Gasteiger partial charge in [0.25, 0.3) is 0 Å². The standard InChI is InChI=1S/C12H12F3NO2/c1-7-10(18-11(17)16(7)2)8-4-3-5-9(6-8)12(13,14)15/h3-7,10H,1-2H3/t7-,10-/m0/s1. The molecule has 0 unspecified atom stereocenters. The number of cyclic esters (lactones) is 1. The lowest BCUT2D eigenvalue weighted by atomic mass is 10.0. The molecule has 0 aromatic heterocycles. The number of likely N-dealkylation sites (N-methyl/N-ethyl adjacent to an activating group) is 1. The fraction of sp³-hybridized carbons (Fsp3) is 0.417. The smallest absolute Gasteiger partial charge is 0.416 e. The van der Waals surface area contributed by atoms with Crippen molar-refractivity contribution in [2.24, 2.45) is 0 Å². The molecular formula is C12H12F3NO2. The van der Waals surface area contributed by atoms with E-state index < -0.39 is 23.9 Å². The number of amides is 1. The maximum atomic E-state index is 12.6. The lowest BCUT2D eigenvalue weighted by Gasteiger charge is -2.17. The predicted octanol–water partition coefficient (Wildman–Crippen LogP) is 3.22. The van der Waals surface area contributed by atoms with Crippen molar-refractivity contribution in [1.29, 1.82) is 0 Å². The van der Waals surface area contributed by atoms with Crippen LogP contribution in [0.4, 0.5) is 18.0 Å². The highest BCUT2D eigenvalue weighted by Crippen LogP contribution is 2.35. The molecule has 0 radical (unpaired) electrons. The molecular weight excluding hydrogens is 247 g/mol. The van der Waals surface area contributed by atoms with Crippen LogP contribution in [0.5, 0.6) is 0 Å². The molecule has 1 aliphatic rings. The second-order valence-corrected chi connectivity index (χ2v) is 4.28. The van der Waals surface area contributed by atoms with Crippen LogP contribution in [0.15, 0.2) is 24.3 Å². The van der Waals surface area contributed by atoms with Gasteiger partial charge in [0.05, 0.1) is 11.6 Å². The number of nitrogens with zero attached hydrogens (tertiary/aromatic N) is 1. The Kier molecular flexibility index (Phi) is 2.96. The van der Waals surface area contributed by atoms with Gasteiger partial charge in [-0.05, 0) is 24.6 Å². The van der Waals surface area contributed by atoms with Crippen LogP contribution in [-0.2, 0) is 10.9 Å². The van der Waals surface area contributed by atoms with Crippen LogP contribution in [0.2, 0.25) is 0 Å². The van der Waals surface area contributed by atoms with Gasteiger partial charge < -0.3 is 9.64 Å². The molecule has 2 rings (SSSR count). The Labute approximate surface area is 102 Å². The third kappa shape index (κ3) is 2.14. The summed E-state index contributed by atoms with van der Waals surface area (Å²) in [5.41, 5.74) is -0.382. The van der Waals surface area contributed by atoms with E-state index in [9.17, 15) is 18.0 Å². The van der Waals surface area contributed by atoms with Gasteiger partial charge in [-0.2, -0.15) is 13.2 Å². The van der Waals surface area contributed by atoms with Crippen LogP contribution in [0, 0.1) is 0 Å². The van der Waals surface area contributed by atoms with E-state index in [2.05, 4.69) is 0 Å². The number of rotatable bonds is 1. The van der Waals surface area contributed by atoms with Gasteiger partial charge in [0.1, 0.15) is 6.10 Å². The molecule has 1 amide bonds. The highest BCUT2D eigenvalue weighted by atomic mass is 19.4. The molecule has 98 valence electrons. The highest BCUT2D eigenvalue weighted by molar-refractivity contribution is 5.70. The van der Waals surface area contributed by atoms with Crippen LogP contribution >= 0.6 is 0 Å². The van der Waals surface area contributed by atoms with Gasteiger partial charge in [0.2, 0.25) is 0 Å². The minimum atomic E-state index is -4.40. The van der Waals surface area contributed by atoms with E-state index in [-0.39, 0.29) is 6.04 Å². The highest BCUT2D eigenvalue weighted by Gasteiger charge is 2.38. The normalized spacial score (nSPS) is 24.3. The summed E-state index contributed by atoms with van der Waals surface area (Å²) >= 11 is 0. The first-order valence-electron chi connectivity index (χ1n) is 5.41. The van der Waals surface area contributed by atoms with E-state index in [1.807, 2.05) is 0 Å². The fourth-order valence-electron chi connectivity index (χ4n) is 1.90. The number of ether oxygens (including phenoxy) is 1. The monoisotopic (exact) mass is 259 g/mol. The molecule has 0 spiro atoms. The Morgan fingerprint density at radius 3 is 2.50 bits per heavy atom. The van der Waals surface area contributed by atoms with Crippen LogP contribution in [0.1, 0.15) is 24.2 Å². The largest absolute Gasteiger partial charge is 0.439 e. The van der Waals surface area contributed by atoms with Crippen molar-refractivity contribution in [3.05, 3.63) is 35.4 Å². The average Bonchev–Trinajstić information content (AvgIpc) is 2.56. The summed E-state index contributed by atoms with van der Waals surface area (Å²) in [5.74, 6) is 0. The second-order valence-electron chi connectivity index (χ2n) is 4.28. The van der Waals surface area contributed by atoms with E-state index in [1.54, 1.807) is 14.0 Å². The molecule has 1 aliphatic heterocycles. The molecule has 1 fully saturated rings. The van der Waals surface area contributed by atoms with Gasteiger partial charge in [0, 0.05) is 7.05 Å². The lowest BCUT2D eigenvalue weighted by Crippen LogP contribution is -2.27. The molecule has 3 nitrogen and oxygen atoms in total. The van der Waals surface area contributed by atoms with Crippen LogP contribution < -0.4 is 0 Å². The van der Waals surface area contributed by atoms with Crippen LogP contribution in [0.25, 0.3) is 0 Å². The number of benzene rings is 1. The summed E-state index contributed by atoms with van der Waals surface area (Å²) in [6, 6.07) is 4.57. The summed E-state index contributed by atoms with van der Waals surface area (Å²) in [4.78, 5) is 12.7. The second kappa shape index (κ2) is 4.19. The fourth-order valence-corrected chi connectivity index (χ4v) is 1.90. The molecule has 18 heavy (non-hydrogen) atoms. The van der Waals surface area contributed by atoms with Gasteiger partial charge in [-0.1, -0.05) is 12.1 Å². The number of hydrogen-bond donors (Lipinski definition) is 0. The van der Waals surface area contributed by atoms with Gasteiger partial charge in [-0.3, -0.25) is 0 Å². The third-order valence-electron chi connectivity index (χ3n) is 3.11. The number of hydrogen-bond acceptors (Lipinski definition) is 2. The quantitative estimate of drug-likeness (QED) is 0.775. The van der Waals surface area contributed by atoms with E-state index in [0.717, 1.165) is 12.1 Å². The molecule has 0 aliphatic carbocycles.